The lowest BCUT2D eigenvalue weighted by Crippen LogP contribution is -2.58. The number of aromatic nitrogens is 2. The molecular weight excluding hydrogens is 428 g/mol. The van der Waals surface area contributed by atoms with Gasteiger partial charge in [-0.3, -0.25) is 9.69 Å². The number of amides is 1. The van der Waals surface area contributed by atoms with Gasteiger partial charge in [-0.1, -0.05) is 23.7 Å². The normalized spacial score (nSPS) is 25.2. The van der Waals surface area contributed by atoms with Crippen molar-refractivity contribution in [1.82, 2.24) is 19.8 Å². The fourth-order valence-corrected chi connectivity index (χ4v) is 5.33. The van der Waals surface area contributed by atoms with Gasteiger partial charge in [0.2, 0.25) is 5.91 Å². The Morgan fingerprint density at radius 3 is 2.78 bits per heavy atom. The fourth-order valence-electron chi connectivity index (χ4n) is 5.14. The molecule has 1 aromatic carbocycles. The summed E-state index contributed by atoms with van der Waals surface area (Å²) in [6, 6.07) is 9.59. The molecule has 0 aliphatic carbocycles. The van der Waals surface area contributed by atoms with Crippen LogP contribution in [0.3, 0.4) is 0 Å². The highest BCUT2D eigenvalue weighted by atomic mass is 35.5. The molecule has 3 fully saturated rings. The Balaban J connectivity index is 1.37. The van der Waals surface area contributed by atoms with Gasteiger partial charge in [-0.25, -0.2) is 9.97 Å². The van der Waals surface area contributed by atoms with E-state index in [1.807, 2.05) is 35.2 Å². The highest BCUT2D eigenvalue weighted by Gasteiger charge is 2.41. The standard InChI is InChI=1S/C24H29ClN4O3/c25-18-4-1-3-17(15-18)23-26-9-6-20(27-23)21-5-2-10-29(21)24(30)22-16-32-14-11-28(22)19-7-12-31-13-8-19/h1,3-4,6,9,15,19,21-22H,2,5,7-8,10-14,16H2/t21-,22-/m1/s1. The summed E-state index contributed by atoms with van der Waals surface area (Å²) in [5.74, 6) is 0.788. The largest absolute Gasteiger partial charge is 0.381 e. The summed E-state index contributed by atoms with van der Waals surface area (Å²) in [5.41, 5.74) is 1.76. The van der Waals surface area contributed by atoms with Gasteiger partial charge in [0, 0.05) is 49.1 Å². The van der Waals surface area contributed by atoms with E-state index in [1.165, 1.54) is 0 Å². The first-order valence-corrected chi connectivity index (χ1v) is 11.9. The highest BCUT2D eigenvalue weighted by Crippen LogP contribution is 2.33. The SMILES string of the molecule is O=C([C@H]1COCCN1C1CCOCC1)N1CCC[C@@H]1c1ccnc(-c2cccc(Cl)c2)n1. The summed E-state index contributed by atoms with van der Waals surface area (Å²) in [6.45, 7) is 4.21. The molecule has 4 heterocycles. The molecule has 0 unspecified atom stereocenters. The van der Waals surface area contributed by atoms with Crippen molar-refractivity contribution < 1.29 is 14.3 Å². The Hall–Kier alpha value is -2.06. The van der Waals surface area contributed by atoms with E-state index >= 15 is 0 Å². The quantitative estimate of drug-likeness (QED) is 0.703. The van der Waals surface area contributed by atoms with E-state index in [1.54, 1.807) is 6.20 Å². The van der Waals surface area contributed by atoms with Crippen molar-refractivity contribution in [1.29, 1.82) is 0 Å². The molecule has 0 bridgehead atoms. The van der Waals surface area contributed by atoms with E-state index < -0.39 is 0 Å². The lowest BCUT2D eigenvalue weighted by molar-refractivity contribution is -0.148. The van der Waals surface area contributed by atoms with Crippen LogP contribution in [0, 0.1) is 0 Å². The van der Waals surface area contributed by atoms with Crippen LogP contribution >= 0.6 is 11.6 Å². The first-order valence-electron chi connectivity index (χ1n) is 11.5. The molecule has 2 aromatic rings. The molecule has 1 amide bonds. The van der Waals surface area contributed by atoms with Gasteiger partial charge in [0.05, 0.1) is 24.9 Å². The predicted molar refractivity (Wildman–Crippen MR) is 121 cm³/mol. The summed E-state index contributed by atoms with van der Waals surface area (Å²) >= 11 is 6.16. The van der Waals surface area contributed by atoms with Crippen LogP contribution in [0.15, 0.2) is 36.5 Å². The Kier molecular flexibility index (Phi) is 6.69. The maximum Gasteiger partial charge on any atom is 0.242 e. The third-order valence-corrected chi connectivity index (χ3v) is 6.99. The van der Waals surface area contributed by atoms with Crippen molar-refractivity contribution in [3.63, 3.8) is 0 Å². The second-order valence-corrected chi connectivity index (χ2v) is 9.11. The van der Waals surface area contributed by atoms with Crippen LogP contribution < -0.4 is 0 Å². The van der Waals surface area contributed by atoms with Gasteiger partial charge in [-0.15, -0.1) is 0 Å². The van der Waals surface area contributed by atoms with Crippen LogP contribution in [0.5, 0.6) is 0 Å². The molecule has 0 N–H and O–H groups in total. The molecule has 0 spiro atoms. The van der Waals surface area contributed by atoms with Gasteiger partial charge in [0.15, 0.2) is 5.82 Å². The van der Waals surface area contributed by atoms with Gasteiger partial charge < -0.3 is 14.4 Å². The van der Waals surface area contributed by atoms with Crippen molar-refractivity contribution in [2.75, 3.05) is 39.5 Å². The number of carbonyl (C=O) groups is 1. The van der Waals surface area contributed by atoms with Crippen LogP contribution in [-0.4, -0.2) is 77.3 Å². The smallest absolute Gasteiger partial charge is 0.242 e. The number of hydrogen-bond acceptors (Lipinski definition) is 6. The first-order chi connectivity index (χ1) is 15.7. The van der Waals surface area contributed by atoms with Gasteiger partial charge in [0.1, 0.15) is 6.04 Å². The molecule has 3 saturated heterocycles. The van der Waals surface area contributed by atoms with Crippen LogP contribution in [-0.2, 0) is 14.3 Å². The van der Waals surface area contributed by atoms with Gasteiger partial charge >= 0.3 is 0 Å². The third kappa shape index (κ3) is 4.53. The number of morpholine rings is 1. The molecule has 7 nitrogen and oxygen atoms in total. The molecule has 2 atom stereocenters. The molecule has 170 valence electrons. The third-order valence-electron chi connectivity index (χ3n) is 6.75. The highest BCUT2D eigenvalue weighted by molar-refractivity contribution is 6.30. The zero-order valence-electron chi connectivity index (χ0n) is 18.2. The first kappa shape index (κ1) is 21.8. The Morgan fingerprint density at radius 1 is 1.06 bits per heavy atom. The Labute approximate surface area is 193 Å². The zero-order chi connectivity index (χ0) is 21.9. The lowest BCUT2D eigenvalue weighted by Gasteiger charge is -2.43. The number of likely N-dealkylation sites (tertiary alicyclic amines) is 1. The van der Waals surface area contributed by atoms with Crippen LogP contribution in [0.2, 0.25) is 5.02 Å². The number of benzene rings is 1. The molecular formula is C24H29ClN4O3. The van der Waals surface area contributed by atoms with Crippen LogP contribution in [0.25, 0.3) is 11.4 Å². The van der Waals surface area contributed by atoms with Crippen molar-refractivity contribution in [3.05, 3.63) is 47.2 Å². The molecule has 32 heavy (non-hydrogen) atoms. The van der Waals surface area contributed by atoms with Crippen molar-refractivity contribution in [2.24, 2.45) is 0 Å². The van der Waals surface area contributed by atoms with E-state index in [9.17, 15) is 4.79 Å². The second-order valence-electron chi connectivity index (χ2n) is 8.68. The zero-order valence-corrected chi connectivity index (χ0v) is 18.9. The average Bonchev–Trinajstić information content (AvgIpc) is 3.34. The summed E-state index contributed by atoms with van der Waals surface area (Å²) in [7, 11) is 0. The van der Waals surface area contributed by atoms with E-state index in [0.29, 0.717) is 30.1 Å². The van der Waals surface area contributed by atoms with Crippen molar-refractivity contribution in [3.8, 4) is 11.4 Å². The van der Waals surface area contributed by atoms with Crippen LogP contribution in [0.1, 0.15) is 37.4 Å². The molecule has 0 radical (unpaired) electrons. The minimum Gasteiger partial charge on any atom is -0.381 e. The number of nitrogens with zero attached hydrogens (tertiary/aromatic N) is 4. The monoisotopic (exact) mass is 456 g/mol. The molecule has 0 saturated carbocycles. The van der Waals surface area contributed by atoms with Crippen molar-refractivity contribution in [2.45, 2.75) is 43.8 Å². The molecule has 8 heteroatoms. The maximum absolute atomic E-state index is 13.7. The maximum atomic E-state index is 13.7. The molecule has 1 aromatic heterocycles. The summed E-state index contributed by atoms with van der Waals surface area (Å²) < 4.78 is 11.3. The minimum atomic E-state index is -0.235. The Morgan fingerprint density at radius 2 is 1.94 bits per heavy atom. The summed E-state index contributed by atoms with van der Waals surface area (Å²) in [6.07, 6.45) is 5.60. The number of rotatable bonds is 4. The fraction of sp³-hybridized carbons (Fsp3) is 0.542. The molecule has 3 aliphatic rings. The number of ether oxygens (including phenoxy) is 2. The molecule has 3 aliphatic heterocycles. The van der Waals surface area contributed by atoms with E-state index in [-0.39, 0.29) is 18.0 Å². The van der Waals surface area contributed by atoms with E-state index in [2.05, 4.69) is 9.88 Å². The predicted octanol–water partition coefficient (Wildman–Crippen LogP) is 3.34. The topological polar surface area (TPSA) is 67.8 Å². The number of halogens is 1. The number of hydrogen-bond donors (Lipinski definition) is 0. The minimum absolute atomic E-state index is 0.0399. The summed E-state index contributed by atoms with van der Waals surface area (Å²) in [5, 5.41) is 0.652. The van der Waals surface area contributed by atoms with Gasteiger partial charge in [-0.05, 0) is 43.9 Å². The summed E-state index contributed by atoms with van der Waals surface area (Å²) in [4.78, 5) is 27.4. The Bertz CT molecular complexity index is 952. The van der Waals surface area contributed by atoms with Crippen LogP contribution in [0.4, 0.5) is 0 Å². The lowest BCUT2D eigenvalue weighted by atomic mass is 10.0. The van der Waals surface area contributed by atoms with Gasteiger partial charge in [0.25, 0.3) is 0 Å². The average molecular weight is 457 g/mol. The van der Waals surface area contributed by atoms with E-state index in [4.69, 9.17) is 26.1 Å². The number of carbonyl (C=O) groups excluding carboxylic acids is 1. The van der Waals surface area contributed by atoms with Gasteiger partial charge in [-0.2, -0.15) is 0 Å². The van der Waals surface area contributed by atoms with E-state index in [0.717, 1.165) is 63.2 Å². The second kappa shape index (κ2) is 9.83. The molecule has 5 rings (SSSR count). The van der Waals surface area contributed by atoms with Crippen molar-refractivity contribution >= 4 is 17.5 Å².